The molecule has 1 rings (SSSR count). The van der Waals surface area contributed by atoms with E-state index in [1.807, 2.05) is 30.3 Å². The molecule has 0 aromatic heterocycles. The molecule has 0 aliphatic heterocycles. The first-order valence-corrected chi connectivity index (χ1v) is 3.53. The number of aliphatic hydroxyl groups is 1. The van der Waals surface area contributed by atoms with Gasteiger partial charge in [0.1, 0.15) is 0 Å². The van der Waals surface area contributed by atoms with Gasteiger partial charge in [-0.3, -0.25) is 0 Å². The van der Waals surface area contributed by atoms with Crippen LogP contribution in [0.2, 0.25) is 0 Å². The van der Waals surface area contributed by atoms with Crippen LogP contribution in [0.1, 0.15) is 5.56 Å². The van der Waals surface area contributed by atoms with Gasteiger partial charge in [0.25, 0.3) is 7.11 Å². The zero-order valence-corrected chi connectivity index (χ0v) is 6.77. The van der Waals surface area contributed by atoms with Crippen LogP contribution < -0.4 is 0 Å². The summed E-state index contributed by atoms with van der Waals surface area (Å²) in [6.45, 7) is 0. The molecule has 0 heterocycles. The minimum Gasteiger partial charge on any atom is -0.488 e. The Morgan fingerprint density at radius 3 is 2.67 bits per heavy atom. The van der Waals surface area contributed by atoms with Gasteiger partial charge in [0.15, 0.2) is 5.18 Å². The molecule has 3 nitrogen and oxygen atoms in total. The fourth-order valence-electron chi connectivity index (χ4n) is 0.818. The van der Waals surface area contributed by atoms with E-state index in [0.717, 1.165) is 5.56 Å². The first-order valence-electron chi connectivity index (χ1n) is 3.53. The normalized spacial score (nSPS) is 12.2. The van der Waals surface area contributed by atoms with Crippen LogP contribution in [-0.4, -0.2) is 12.2 Å². The minimum atomic E-state index is -0.135. The molecule has 0 atom stereocenters. The Bertz CT molecular complexity index is 291. The standard InChI is InChI=1S/C9H9NO2/c1-12-10-9(11)7-8-5-3-2-4-6-8/h2-7H,1H3/p+1/b9-7-. The summed E-state index contributed by atoms with van der Waals surface area (Å²) in [5.41, 5.74) is 0.885. The highest BCUT2D eigenvalue weighted by Gasteiger charge is 1.95. The molecule has 1 N–H and O–H groups in total. The van der Waals surface area contributed by atoms with Crippen molar-refractivity contribution >= 4 is 6.08 Å². The highest BCUT2D eigenvalue weighted by Crippen LogP contribution is 2.04. The number of hydrogen-bond donors (Lipinski definition) is 1. The van der Waals surface area contributed by atoms with Gasteiger partial charge in [-0.1, -0.05) is 30.3 Å². The number of hydrogen-bond acceptors (Lipinski definition) is 2. The van der Waals surface area contributed by atoms with E-state index in [4.69, 9.17) is 5.11 Å². The minimum absolute atomic E-state index is 0.135. The monoisotopic (exact) mass is 164 g/mol. The Labute approximate surface area is 70.6 Å². The molecule has 0 aliphatic carbocycles. The Kier molecular flexibility index (Phi) is 3.02. The van der Waals surface area contributed by atoms with Crippen molar-refractivity contribution in [2.24, 2.45) is 5.18 Å². The zero-order valence-electron chi connectivity index (χ0n) is 6.77. The van der Waals surface area contributed by atoms with Crippen LogP contribution >= 0.6 is 0 Å². The van der Waals surface area contributed by atoms with E-state index in [1.54, 1.807) is 0 Å². The maximum atomic E-state index is 9.07. The molecule has 3 heteroatoms. The molecule has 1 aromatic carbocycles. The molecule has 0 spiro atoms. The van der Waals surface area contributed by atoms with Crippen LogP contribution in [0.3, 0.4) is 0 Å². The van der Waals surface area contributed by atoms with Crippen LogP contribution in [0.25, 0.3) is 6.08 Å². The lowest BCUT2D eigenvalue weighted by Gasteiger charge is -1.88. The maximum absolute atomic E-state index is 9.07. The summed E-state index contributed by atoms with van der Waals surface area (Å²) in [6, 6.07) is 9.39. The summed E-state index contributed by atoms with van der Waals surface area (Å²) < 4.78 is 4.38. The number of nitroso groups, excluding NO2 is 1. The maximum Gasteiger partial charge on any atom is 0.309 e. The van der Waals surface area contributed by atoms with Gasteiger partial charge in [-0.15, -0.1) is 4.54 Å². The van der Waals surface area contributed by atoms with E-state index in [0.29, 0.717) is 0 Å². The summed E-state index contributed by atoms with van der Waals surface area (Å²) in [5.74, 6) is -0.135. The lowest BCUT2D eigenvalue weighted by atomic mass is 10.2. The third-order valence-electron chi connectivity index (χ3n) is 1.28. The molecule has 0 unspecified atom stereocenters. The molecular weight excluding hydrogens is 154 g/mol. The Morgan fingerprint density at radius 2 is 2.08 bits per heavy atom. The molecule has 0 saturated carbocycles. The summed E-state index contributed by atoms with van der Waals surface area (Å²) in [7, 11) is 1.38. The van der Waals surface area contributed by atoms with Gasteiger partial charge in [0.2, 0.25) is 0 Å². The molecule has 62 valence electrons. The molecule has 0 bridgehead atoms. The van der Waals surface area contributed by atoms with Gasteiger partial charge in [0.05, 0.1) is 0 Å². The van der Waals surface area contributed by atoms with Crippen molar-refractivity contribution in [3.63, 3.8) is 0 Å². The van der Waals surface area contributed by atoms with Gasteiger partial charge < -0.3 is 5.11 Å². The van der Waals surface area contributed by atoms with Crippen molar-refractivity contribution in [1.82, 2.24) is 0 Å². The van der Waals surface area contributed by atoms with Crippen molar-refractivity contribution in [2.75, 3.05) is 7.11 Å². The lowest BCUT2D eigenvalue weighted by molar-refractivity contribution is 0.410. The lowest BCUT2D eigenvalue weighted by Crippen LogP contribution is -1.75. The number of rotatable bonds is 2. The van der Waals surface area contributed by atoms with Crippen LogP contribution in [-0.2, 0) is 0 Å². The SMILES string of the molecule is C[O+]=N/C(O)=C/c1ccccc1. The second-order valence-corrected chi connectivity index (χ2v) is 2.19. The third-order valence-corrected chi connectivity index (χ3v) is 1.28. The Balaban J connectivity index is 2.81. The topological polar surface area (TPSA) is 43.9 Å². The Hall–Kier alpha value is -1.64. The van der Waals surface area contributed by atoms with Crippen molar-refractivity contribution in [3.8, 4) is 0 Å². The summed E-state index contributed by atoms with van der Waals surface area (Å²) in [4.78, 5) is 0. The van der Waals surface area contributed by atoms with Gasteiger partial charge in [0, 0.05) is 6.08 Å². The highest BCUT2D eigenvalue weighted by molar-refractivity contribution is 5.50. The summed E-state index contributed by atoms with van der Waals surface area (Å²) in [6.07, 6.45) is 1.52. The molecule has 12 heavy (non-hydrogen) atoms. The smallest absolute Gasteiger partial charge is 0.309 e. The predicted molar refractivity (Wildman–Crippen MR) is 48.8 cm³/mol. The van der Waals surface area contributed by atoms with Crippen molar-refractivity contribution in [1.29, 1.82) is 0 Å². The molecule has 0 fully saturated rings. The zero-order chi connectivity index (χ0) is 8.81. The van der Waals surface area contributed by atoms with Gasteiger partial charge in [-0.2, -0.15) is 0 Å². The van der Waals surface area contributed by atoms with Gasteiger partial charge in [-0.25, -0.2) is 0 Å². The van der Waals surface area contributed by atoms with Crippen LogP contribution in [0.5, 0.6) is 0 Å². The fourth-order valence-corrected chi connectivity index (χ4v) is 0.818. The first-order chi connectivity index (χ1) is 5.83. The summed E-state index contributed by atoms with van der Waals surface area (Å²) in [5, 5.41) is 12.4. The van der Waals surface area contributed by atoms with Crippen LogP contribution in [0, 0.1) is 4.54 Å². The summed E-state index contributed by atoms with van der Waals surface area (Å²) >= 11 is 0. The van der Waals surface area contributed by atoms with E-state index < -0.39 is 0 Å². The average Bonchev–Trinajstić information content (AvgIpc) is 2.06. The van der Waals surface area contributed by atoms with Crippen molar-refractivity contribution in [3.05, 3.63) is 46.3 Å². The average molecular weight is 164 g/mol. The highest BCUT2D eigenvalue weighted by atomic mass is 16.5. The van der Waals surface area contributed by atoms with E-state index in [1.165, 1.54) is 13.2 Å². The van der Waals surface area contributed by atoms with E-state index >= 15 is 0 Å². The number of benzene rings is 1. The second-order valence-electron chi connectivity index (χ2n) is 2.19. The van der Waals surface area contributed by atoms with Gasteiger partial charge in [-0.05, 0) is 5.56 Å². The largest absolute Gasteiger partial charge is 0.488 e. The molecule has 0 aliphatic rings. The molecular formula is C9H10NO2+. The molecule has 1 aromatic rings. The fraction of sp³-hybridized carbons (Fsp3) is 0.111. The number of nitrogens with zero attached hydrogens (tertiary/aromatic N) is 1. The molecule has 0 amide bonds. The van der Waals surface area contributed by atoms with E-state index in [9.17, 15) is 0 Å². The van der Waals surface area contributed by atoms with Crippen molar-refractivity contribution < 1.29 is 5.11 Å². The van der Waals surface area contributed by atoms with E-state index in [-0.39, 0.29) is 5.88 Å². The predicted octanol–water partition coefficient (Wildman–Crippen LogP) is 2.47. The first kappa shape index (κ1) is 8.46. The van der Waals surface area contributed by atoms with Gasteiger partial charge >= 0.3 is 5.88 Å². The van der Waals surface area contributed by atoms with E-state index in [2.05, 4.69) is 9.71 Å². The second kappa shape index (κ2) is 4.28. The Morgan fingerprint density at radius 1 is 1.42 bits per heavy atom. The van der Waals surface area contributed by atoms with Crippen LogP contribution in [0.4, 0.5) is 0 Å². The molecule has 0 saturated heterocycles. The number of aliphatic hydroxyl groups excluding tert-OH is 1. The molecule has 0 radical (unpaired) electrons. The third kappa shape index (κ3) is 2.54. The van der Waals surface area contributed by atoms with Crippen molar-refractivity contribution in [2.45, 2.75) is 0 Å². The van der Waals surface area contributed by atoms with Crippen LogP contribution in [0.15, 0.2) is 41.4 Å². The quantitative estimate of drug-likeness (QED) is 0.529.